The molecule has 0 aliphatic rings. The summed E-state index contributed by atoms with van der Waals surface area (Å²) in [5.41, 5.74) is 8.84. The Bertz CT molecular complexity index is 912. The highest BCUT2D eigenvalue weighted by Gasteiger charge is 2.09. The first-order valence-electron chi connectivity index (χ1n) is 7.65. The fourth-order valence-electron chi connectivity index (χ4n) is 2.38. The zero-order chi connectivity index (χ0) is 16.4. The van der Waals surface area contributed by atoms with Gasteiger partial charge in [0.25, 0.3) is 0 Å². The predicted molar refractivity (Wildman–Crippen MR) is 92.9 cm³/mol. The number of aryl methyl sites for hydroxylation is 1. The van der Waals surface area contributed by atoms with Crippen molar-refractivity contribution < 1.29 is 9.15 Å². The van der Waals surface area contributed by atoms with Crippen LogP contribution in [0.15, 0.2) is 51.7 Å². The van der Waals surface area contributed by atoms with Crippen LogP contribution < -0.4 is 15.9 Å². The van der Waals surface area contributed by atoms with Crippen molar-refractivity contribution in [3.8, 4) is 17.1 Å². The largest absolute Gasteiger partial charge is 0.494 e. The third-order valence-electron chi connectivity index (χ3n) is 3.74. The molecule has 23 heavy (non-hydrogen) atoms. The molecule has 0 aliphatic carbocycles. The van der Waals surface area contributed by atoms with Gasteiger partial charge in [0.2, 0.25) is 0 Å². The maximum atomic E-state index is 12.4. The van der Waals surface area contributed by atoms with Gasteiger partial charge in [0.05, 0.1) is 12.0 Å². The smallest absolute Gasteiger partial charge is 0.193 e. The third kappa shape index (κ3) is 3.06. The van der Waals surface area contributed by atoms with E-state index in [1.165, 1.54) is 6.07 Å². The fourth-order valence-corrected chi connectivity index (χ4v) is 2.38. The Balaban J connectivity index is 2.07. The Hall–Kier alpha value is -2.75. The van der Waals surface area contributed by atoms with Crippen molar-refractivity contribution in [3.05, 3.63) is 58.3 Å². The van der Waals surface area contributed by atoms with E-state index in [1.807, 2.05) is 38.1 Å². The summed E-state index contributed by atoms with van der Waals surface area (Å²) in [5, 5.41) is 0.516. The summed E-state index contributed by atoms with van der Waals surface area (Å²) in [4.78, 5) is 12.4. The van der Waals surface area contributed by atoms with E-state index >= 15 is 0 Å². The first kappa shape index (κ1) is 15.2. The van der Waals surface area contributed by atoms with E-state index in [2.05, 4.69) is 0 Å². The molecule has 0 unspecified atom stereocenters. The molecule has 3 aromatic rings. The van der Waals surface area contributed by atoms with Crippen molar-refractivity contribution in [1.29, 1.82) is 0 Å². The Kier molecular flexibility index (Phi) is 4.06. The van der Waals surface area contributed by atoms with Crippen molar-refractivity contribution in [2.24, 2.45) is 0 Å². The minimum atomic E-state index is -0.0951. The topological polar surface area (TPSA) is 65.5 Å². The van der Waals surface area contributed by atoms with Crippen LogP contribution in [0.4, 0.5) is 5.69 Å². The molecule has 2 aromatic carbocycles. The molecule has 0 radical (unpaired) electrons. The van der Waals surface area contributed by atoms with E-state index in [4.69, 9.17) is 14.9 Å². The number of hydrogen-bond donors (Lipinski definition) is 1. The molecule has 4 nitrogen and oxygen atoms in total. The van der Waals surface area contributed by atoms with Crippen molar-refractivity contribution in [1.82, 2.24) is 0 Å². The molecule has 4 heteroatoms. The summed E-state index contributed by atoms with van der Waals surface area (Å²) in [6.45, 7) is 4.60. The van der Waals surface area contributed by atoms with Crippen LogP contribution in [0, 0.1) is 6.92 Å². The second kappa shape index (κ2) is 6.16. The van der Waals surface area contributed by atoms with E-state index in [1.54, 1.807) is 12.1 Å². The van der Waals surface area contributed by atoms with Crippen LogP contribution in [-0.2, 0) is 0 Å². The summed E-state index contributed by atoms with van der Waals surface area (Å²) >= 11 is 0. The molecular weight excluding hydrogens is 290 g/mol. The summed E-state index contributed by atoms with van der Waals surface area (Å²) in [7, 11) is 0. The van der Waals surface area contributed by atoms with Crippen LogP contribution in [0.1, 0.15) is 18.9 Å². The van der Waals surface area contributed by atoms with E-state index in [0.717, 1.165) is 17.5 Å². The average Bonchev–Trinajstić information content (AvgIpc) is 2.55. The molecule has 0 spiro atoms. The fraction of sp³-hybridized carbons (Fsp3) is 0.211. The first-order valence-corrected chi connectivity index (χ1v) is 7.65. The van der Waals surface area contributed by atoms with Gasteiger partial charge in [-0.2, -0.15) is 0 Å². The van der Waals surface area contributed by atoms with Crippen molar-refractivity contribution in [3.63, 3.8) is 0 Å². The number of nitrogen functional groups attached to an aromatic ring is 1. The zero-order valence-electron chi connectivity index (χ0n) is 13.3. The molecule has 1 aromatic heterocycles. The SMILES string of the molecule is CCCOc1ccc2oc(-c3ccc(C)c(N)c3)cc(=O)c2c1. The lowest BCUT2D eigenvalue weighted by atomic mass is 10.1. The van der Waals surface area contributed by atoms with Gasteiger partial charge in [-0.15, -0.1) is 0 Å². The van der Waals surface area contributed by atoms with E-state index in [-0.39, 0.29) is 5.43 Å². The molecule has 0 atom stereocenters. The van der Waals surface area contributed by atoms with Crippen molar-refractivity contribution in [2.45, 2.75) is 20.3 Å². The van der Waals surface area contributed by atoms with Crippen LogP contribution in [0.5, 0.6) is 5.75 Å². The molecule has 0 bridgehead atoms. The quantitative estimate of drug-likeness (QED) is 0.736. The Morgan fingerprint density at radius 2 is 1.96 bits per heavy atom. The Morgan fingerprint density at radius 3 is 2.70 bits per heavy atom. The van der Waals surface area contributed by atoms with Crippen LogP contribution in [0.25, 0.3) is 22.3 Å². The van der Waals surface area contributed by atoms with E-state index in [0.29, 0.717) is 34.8 Å². The highest BCUT2D eigenvalue weighted by atomic mass is 16.5. The van der Waals surface area contributed by atoms with Gasteiger partial charge < -0.3 is 14.9 Å². The molecule has 0 saturated carbocycles. The molecule has 0 fully saturated rings. The average molecular weight is 309 g/mol. The molecule has 2 N–H and O–H groups in total. The van der Waals surface area contributed by atoms with Crippen LogP contribution in [0.3, 0.4) is 0 Å². The molecular formula is C19H19NO3. The maximum Gasteiger partial charge on any atom is 0.193 e. The molecule has 0 amide bonds. The molecule has 0 aliphatic heterocycles. The number of nitrogens with two attached hydrogens (primary N) is 1. The minimum absolute atomic E-state index is 0.0951. The minimum Gasteiger partial charge on any atom is -0.494 e. The zero-order valence-corrected chi connectivity index (χ0v) is 13.3. The van der Waals surface area contributed by atoms with Gasteiger partial charge in [0.15, 0.2) is 5.43 Å². The van der Waals surface area contributed by atoms with Gasteiger partial charge in [0.1, 0.15) is 17.1 Å². The predicted octanol–water partition coefficient (Wildman–Crippen LogP) is 4.14. The normalized spacial score (nSPS) is 10.9. The summed E-state index contributed by atoms with van der Waals surface area (Å²) < 4.78 is 11.4. The lowest BCUT2D eigenvalue weighted by molar-refractivity contribution is 0.317. The van der Waals surface area contributed by atoms with Gasteiger partial charge in [0, 0.05) is 17.3 Å². The summed E-state index contributed by atoms with van der Waals surface area (Å²) in [6.07, 6.45) is 0.917. The summed E-state index contributed by atoms with van der Waals surface area (Å²) in [6, 6.07) is 12.4. The van der Waals surface area contributed by atoms with Crippen molar-refractivity contribution >= 4 is 16.7 Å². The lowest BCUT2D eigenvalue weighted by Gasteiger charge is -2.08. The molecule has 0 saturated heterocycles. The number of anilines is 1. The highest BCUT2D eigenvalue weighted by molar-refractivity contribution is 5.80. The van der Waals surface area contributed by atoms with Gasteiger partial charge in [-0.3, -0.25) is 4.79 Å². The molecule has 3 rings (SSSR count). The van der Waals surface area contributed by atoms with E-state index < -0.39 is 0 Å². The number of ether oxygens (including phenoxy) is 1. The van der Waals surface area contributed by atoms with Gasteiger partial charge >= 0.3 is 0 Å². The highest BCUT2D eigenvalue weighted by Crippen LogP contribution is 2.26. The number of rotatable bonds is 4. The summed E-state index contributed by atoms with van der Waals surface area (Å²) in [5.74, 6) is 1.19. The lowest BCUT2D eigenvalue weighted by Crippen LogP contribution is -2.02. The maximum absolute atomic E-state index is 12.4. The van der Waals surface area contributed by atoms with Gasteiger partial charge in [-0.05, 0) is 43.2 Å². The van der Waals surface area contributed by atoms with Crippen molar-refractivity contribution in [2.75, 3.05) is 12.3 Å². The van der Waals surface area contributed by atoms with E-state index in [9.17, 15) is 4.79 Å². The monoisotopic (exact) mass is 309 g/mol. The second-order valence-electron chi connectivity index (χ2n) is 5.55. The van der Waals surface area contributed by atoms with Crippen LogP contribution in [-0.4, -0.2) is 6.61 Å². The Morgan fingerprint density at radius 1 is 1.13 bits per heavy atom. The first-order chi connectivity index (χ1) is 11.1. The standard InChI is InChI=1S/C19H19NO3/c1-3-8-22-14-6-7-18-15(10-14)17(21)11-19(23-18)13-5-4-12(2)16(20)9-13/h4-7,9-11H,3,8,20H2,1-2H3. The van der Waals surface area contributed by atoms with Crippen LogP contribution in [0.2, 0.25) is 0 Å². The number of fused-ring (bicyclic) bond motifs is 1. The Labute approximate surface area is 134 Å². The van der Waals surface area contributed by atoms with Crippen LogP contribution >= 0.6 is 0 Å². The van der Waals surface area contributed by atoms with Gasteiger partial charge in [-0.1, -0.05) is 19.1 Å². The van der Waals surface area contributed by atoms with Gasteiger partial charge in [-0.25, -0.2) is 0 Å². The molecule has 118 valence electrons. The molecule has 1 heterocycles. The second-order valence-corrected chi connectivity index (χ2v) is 5.55. The third-order valence-corrected chi connectivity index (χ3v) is 3.74. The number of hydrogen-bond acceptors (Lipinski definition) is 4. The number of benzene rings is 2.